The number of rotatable bonds is 4. The molecule has 0 atom stereocenters. The predicted molar refractivity (Wildman–Crippen MR) is 84.5 cm³/mol. The number of benzene rings is 2. The Hall–Kier alpha value is -1.94. The molecule has 0 heterocycles. The minimum Gasteiger partial charge on any atom is -0.321 e. The summed E-state index contributed by atoms with van der Waals surface area (Å²) in [5.74, 6) is -2.12. The summed E-state index contributed by atoms with van der Waals surface area (Å²) >= 11 is 6.16. The number of hydrogen-bond acceptors (Lipinski definition) is 1. The van der Waals surface area contributed by atoms with Gasteiger partial charge in [0.15, 0.2) is 0 Å². The SMILES string of the molecule is CCc1ccc(Cl)c(CC)c1NC(=O)c1cc(F)ccc1F. The van der Waals surface area contributed by atoms with E-state index in [1.54, 1.807) is 6.07 Å². The summed E-state index contributed by atoms with van der Waals surface area (Å²) in [4.78, 5) is 12.3. The molecular formula is C17H16ClF2NO. The van der Waals surface area contributed by atoms with Gasteiger partial charge in [-0.05, 0) is 48.2 Å². The van der Waals surface area contributed by atoms with Crippen LogP contribution in [0.15, 0.2) is 30.3 Å². The van der Waals surface area contributed by atoms with Gasteiger partial charge in [-0.15, -0.1) is 0 Å². The Morgan fingerprint density at radius 2 is 1.86 bits per heavy atom. The first kappa shape index (κ1) is 16.4. The summed E-state index contributed by atoms with van der Waals surface area (Å²) in [6.45, 7) is 3.86. The number of anilines is 1. The second-order valence-electron chi connectivity index (χ2n) is 4.85. The fourth-order valence-electron chi connectivity index (χ4n) is 2.32. The van der Waals surface area contributed by atoms with Gasteiger partial charge in [0.1, 0.15) is 11.6 Å². The van der Waals surface area contributed by atoms with Crippen molar-refractivity contribution < 1.29 is 13.6 Å². The lowest BCUT2D eigenvalue weighted by molar-refractivity contribution is 0.102. The molecule has 0 aromatic heterocycles. The molecule has 0 saturated heterocycles. The molecule has 5 heteroatoms. The van der Waals surface area contributed by atoms with Crippen molar-refractivity contribution >= 4 is 23.2 Å². The minimum atomic E-state index is -0.767. The lowest BCUT2D eigenvalue weighted by Crippen LogP contribution is -2.17. The van der Waals surface area contributed by atoms with Gasteiger partial charge < -0.3 is 5.32 Å². The highest BCUT2D eigenvalue weighted by molar-refractivity contribution is 6.32. The van der Waals surface area contributed by atoms with Gasteiger partial charge in [-0.2, -0.15) is 0 Å². The lowest BCUT2D eigenvalue weighted by Gasteiger charge is -2.16. The van der Waals surface area contributed by atoms with Crippen molar-refractivity contribution in [3.8, 4) is 0 Å². The second-order valence-corrected chi connectivity index (χ2v) is 5.25. The molecule has 2 aromatic rings. The average molecular weight is 324 g/mol. The molecule has 0 aliphatic heterocycles. The molecule has 0 bridgehead atoms. The van der Waals surface area contributed by atoms with Gasteiger partial charge in [0.25, 0.3) is 5.91 Å². The first-order valence-corrected chi connectivity index (χ1v) is 7.42. The average Bonchev–Trinajstić information content (AvgIpc) is 2.50. The summed E-state index contributed by atoms with van der Waals surface area (Å²) < 4.78 is 26.9. The first-order chi connectivity index (χ1) is 10.5. The molecule has 0 unspecified atom stereocenters. The largest absolute Gasteiger partial charge is 0.321 e. The van der Waals surface area contributed by atoms with E-state index in [0.717, 1.165) is 29.3 Å². The topological polar surface area (TPSA) is 29.1 Å². The van der Waals surface area contributed by atoms with Crippen LogP contribution in [-0.4, -0.2) is 5.91 Å². The van der Waals surface area contributed by atoms with Crippen molar-refractivity contribution in [2.75, 3.05) is 5.32 Å². The number of amides is 1. The van der Waals surface area contributed by atoms with Crippen molar-refractivity contribution in [3.63, 3.8) is 0 Å². The monoisotopic (exact) mass is 323 g/mol. The number of halogens is 3. The van der Waals surface area contributed by atoms with Gasteiger partial charge in [-0.25, -0.2) is 8.78 Å². The number of aryl methyl sites for hydroxylation is 1. The molecule has 1 N–H and O–H groups in total. The van der Waals surface area contributed by atoms with E-state index < -0.39 is 17.5 Å². The Morgan fingerprint density at radius 1 is 1.14 bits per heavy atom. The van der Waals surface area contributed by atoms with Crippen LogP contribution < -0.4 is 5.32 Å². The van der Waals surface area contributed by atoms with Crippen molar-refractivity contribution in [1.82, 2.24) is 0 Å². The Kier molecular flexibility index (Phi) is 5.14. The van der Waals surface area contributed by atoms with Gasteiger partial charge in [-0.1, -0.05) is 31.5 Å². The molecule has 2 rings (SSSR count). The molecule has 2 aromatic carbocycles. The number of hydrogen-bond donors (Lipinski definition) is 1. The summed E-state index contributed by atoms with van der Waals surface area (Å²) in [5.41, 5.74) is 1.92. The fraction of sp³-hybridized carbons (Fsp3) is 0.235. The highest BCUT2D eigenvalue weighted by Crippen LogP contribution is 2.30. The van der Waals surface area contributed by atoms with Crippen LogP contribution in [0.1, 0.15) is 35.3 Å². The van der Waals surface area contributed by atoms with Crippen LogP contribution in [0.5, 0.6) is 0 Å². The van der Waals surface area contributed by atoms with Gasteiger partial charge >= 0.3 is 0 Å². The van der Waals surface area contributed by atoms with Crippen LogP contribution in [0.25, 0.3) is 0 Å². The molecular weight excluding hydrogens is 308 g/mol. The maximum atomic E-state index is 13.7. The van der Waals surface area contributed by atoms with Crippen LogP contribution in [0.3, 0.4) is 0 Å². The molecule has 0 saturated carbocycles. The molecule has 0 aliphatic carbocycles. The molecule has 0 radical (unpaired) electrons. The number of carbonyl (C=O) groups excluding carboxylic acids is 1. The summed E-state index contributed by atoms with van der Waals surface area (Å²) in [7, 11) is 0. The quantitative estimate of drug-likeness (QED) is 0.843. The number of carbonyl (C=O) groups is 1. The maximum Gasteiger partial charge on any atom is 0.258 e. The fourth-order valence-corrected chi connectivity index (χ4v) is 2.61. The van der Waals surface area contributed by atoms with Crippen LogP contribution in [0, 0.1) is 11.6 Å². The molecule has 116 valence electrons. The smallest absolute Gasteiger partial charge is 0.258 e. The van der Waals surface area contributed by atoms with E-state index in [9.17, 15) is 13.6 Å². The van der Waals surface area contributed by atoms with E-state index in [-0.39, 0.29) is 5.56 Å². The third kappa shape index (κ3) is 3.28. The first-order valence-electron chi connectivity index (χ1n) is 7.04. The molecule has 0 fully saturated rings. The van der Waals surface area contributed by atoms with Gasteiger partial charge in [-0.3, -0.25) is 4.79 Å². The van der Waals surface area contributed by atoms with E-state index >= 15 is 0 Å². The van der Waals surface area contributed by atoms with E-state index in [0.29, 0.717) is 23.6 Å². The van der Waals surface area contributed by atoms with E-state index in [2.05, 4.69) is 5.32 Å². The zero-order valence-corrected chi connectivity index (χ0v) is 13.1. The zero-order valence-electron chi connectivity index (χ0n) is 12.3. The van der Waals surface area contributed by atoms with Gasteiger partial charge in [0, 0.05) is 10.7 Å². The molecule has 0 spiro atoms. The second kappa shape index (κ2) is 6.88. The highest BCUT2D eigenvalue weighted by atomic mass is 35.5. The van der Waals surface area contributed by atoms with Crippen LogP contribution >= 0.6 is 11.6 Å². The van der Waals surface area contributed by atoms with Crippen molar-refractivity contribution in [2.45, 2.75) is 26.7 Å². The van der Waals surface area contributed by atoms with Crippen molar-refractivity contribution in [2.24, 2.45) is 0 Å². The molecule has 0 aliphatic rings. The normalized spacial score (nSPS) is 10.6. The Bertz CT molecular complexity index is 716. The van der Waals surface area contributed by atoms with E-state index in [1.807, 2.05) is 19.9 Å². The number of nitrogens with one attached hydrogen (secondary N) is 1. The van der Waals surface area contributed by atoms with Crippen LogP contribution in [0.4, 0.5) is 14.5 Å². The Balaban J connectivity index is 2.44. The summed E-state index contributed by atoms with van der Waals surface area (Å²) in [6, 6.07) is 6.38. The van der Waals surface area contributed by atoms with Crippen LogP contribution in [0.2, 0.25) is 5.02 Å². The zero-order chi connectivity index (χ0) is 16.3. The highest BCUT2D eigenvalue weighted by Gasteiger charge is 2.17. The third-order valence-electron chi connectivity index (χ3n) is 3.49. The lowest BCUT2D eigenvalue weighted by atomic mass is 10.0. The summed E-state index contributed by atoms with van der Waals surface area (Å²) in [6.07, 6.45) is 1.30. The molecule has 2 nitrogen and oxygen atoms in total. The minimum absolute atomic E-state index is 0.330. The Labute approximate surface area is 133 Å². The van der Waals surface area contributed by atoms with E-state index in [1.165, 1.54) is 0 Å². The Morgan fingerprint density at radius 3 is 2.50 bits per heavy atom. The van der Waals surface area contributed by atoms with Gasteiger partial charge in [0.2, 0.25) is 0 Å². The standard InChI is InChI=1S/C17H16ClF2NO/c1-3-10-5-7-14(18)12(4-2)16(10)21-17(22)13-9-11(19)6-8-15(13)20/h5-9H,3-4H2,1-2H3,(H,21,22). The maximum absolute atomic E-state index is 13.7. The van der Waals surface area contributed by atoms with E-state index in [4.69, 9.17) is 11.6 Å². The molecule has 1 amide bonds. The summed E-state index contributed by atoms with van der Waals surface area (Å²) in [5, 5.41) is 3.21. The van der Waals surface area contributed by atoms with Crippen LogP contribution in [-0.2, 0) is 12.8 Å². The molecule has 22 heavy (non-hydrogen) atoms. The van der Waals surface area contributed by atoms with Gasteiger partial charge in [0.05, 0.1) is 5.56 Å². The van der Waals surface area contributed by atoms with Crippen molar-refractivity contribution in [1.29, 1.82) is 0 Å². The predicted octanol–water partition coefficient (Wildman–Crippen LogP) is 5.00. The third-order valence-corrected chi connectivity index (χ3v) is 3.84. The van der Waals surface area contributed by atoms with Crippen molar-refractivity contribution in [3.05, 3.63) is 63.7 Å².